The third kappa shape index (κ3) is 1.91. The fourth-order valence-corrected chi connectivity index (χ4v) is 1.66. The summed E-state index contributed by atoms with van der Waals surface area (Å²) in [7, 11) is 0. The van der Waals surface area contributed by atoms with Crippen LogP contribution in [0, 0.1) is 6.92 Å². The van der Waals surface area contributed by atoms with Crippen LogP contribution >= 0.6 is 0 Å². The van der Waals surface area contributed by atoms with E-state index in [0.717, 1.165) is 29.7 Å². The van der Waals surface area contributed by atoms with Gasteiger partial charge in [-0.2, -0.15) is 0 Å². The fourth-order valence-electron chi connectivity index (χ4n) is 1.66. The van der Waals surface area contributed by atoms with Gasteiger partial charge in [0.05, 0.1) is 10.9 Å². The van der Waals surface area contributed by atoms with Crippen molar-refractivity contribution in [1.82, 2.24) is 9.97 Å². The molecule has 0 spiro atoms. The van der Waals surface area contributed by atoms with E-state index in [1.54, 1.807) is 0 Å². The summed E-state index contributed by atoms with van der Waals surface area (Å²) in [5, 5.41) is 0.676. The minimum absolute atomic E-state index is 0.0350. The van der Waals surface area contributed by atoms with Crippen molar-refractivity contribution in [3.05, 3.63) is 39.9 Å². The van der Waals surface area contributed by atoms with Crippen LogP contribution in [-0.4, -0.2) is 9.97 Å². The molecule has 0 saturated carbocycles. The fraction of sp³-hybridized carbons (Fsp3) is 0.333. The van der Waals surface area contributed by atoms with Crippen LogP contribution in [0.4, 0.5) is 0 Å². The molecule has 15 heavy (non-hydrogen) atoms. The minimum atomic E-state index is -0.0350. The standard InChI is InChI=1S/C12H14N2O/c1-3-4-11-13-10-6-5-8(2)7-9(10)12(15)14-11/h5-7H,3-4H2,1-2H3,(H,13,14,15). The van der Waals surface area contributed by atoms with Crippen LogP contribution in [0.2, 0.25) is 0 Å². The van der Waals surface area contributed by atoms with Crippen molar-refractivity contribution in [3.8, 4) is 0 Å². The molecule has 1 aromatic carbocycles. The molecule has 0 atom stereocenters. The van der Waals surface area contributed by atoms with Gasteiger partial charge in [0.25, 0.3) is 5.56 Å². The number of rotatable bonds is 2. The van der Waals surface area contributed by atoms with Crippen molar-refractivity contribution in [2.75, 3.05) is 0 Å². The topological polar surface area (TPSA) is 45.8 Å². The first-order valence-corrected chi connectivity index (χ1v) is 5.20. The molecule has 78 valence electrons. The van der Waals surface area contributed by atoms with Crippen LogP contribution < -0.4 is 5.56 Å². The van der Waals surface area contributed by atoms with Crippen LogP contribution in [0.3, 0.4) is 0 Å². The molecule has 3 nitrogen and oxygen atoms in total. The average molecular weight is 202 g/mol. The molecule has 0 unspecified atom stereocenters. The summed E-state index contributed by atoms with van der Waals surface area (Å²) in [4.78, 5) is 19.0. The van der Waals surface area contributed by atoms with Crippen LogP contribution in [0.25, 0.3) is 10.9 Å². The van der Waals surface area contributed by atoms with Crippen LogP contribution in [0.1, 0.15) is 24.7 Å². The number of fused-ring (bicyclic) bond motifs is 1. The molecule has 2 aromatic rings. The van der Waals surface area contributed by atoms with Gasteiger partial charge in [0.15, 0.2) is 0 Å². The molecule has 0 aliphatic rings. The highest BCUT2D eigenvalue weighted by Gasteiger charge is 2.02. The summed E-state index contributed by atoms with van der Waals surface area (Å²) in [6.45, 7) is 4.04. The van der Waals surface area contributed by atoms with Crippen LogP contribution in [0.5, 0.6) is 0 Å². The number of aromatic amines is 1. The van der Waals surface area contributed by atoms with Crippen molar-refractivity contribution >= 4 is 10.9 Å². The van der Waals surface area contributed by atoms with Crippen LogP contribution in [0.15, 0.2) is 23.0 Å². The lowest BCUT2D eigenvalue weighted by atomic mass is 10.1. The Kier molecular flexibility index (Phi) is 2.54. The Morgan fingerprint density at radius 2 is 2.20 bits per heavy atom. The molecule has 0 radical (unpaired) electrons. The molecule has 3 heteroatoms. The SMILES string of the molecule is CCCc1nc2ccc(C)cc2c(=O)[nH]1. The number of aryl methyl sites for hydroxylation is 2. The Hall–Kier alpha value is -1.64. The van der Waals surface area contributed by atoms with Gasteiger partial charge in [-0.1, -0.05) is 18.6 Å². The summed E-state index contributed by atoms with van der Waals surface area (Å²) in [5.74, 6) is 0.777. The molecule has 0 aliphatic carbocycles. The second-order valence-corrected chi connectivity index (χ2v) is 3.78. The number of hydrogen-bond acceptors (Lipinski definition) is 2. The Labute approximate surface area is 88.2 Å². The second kappa shape index (κ2) is 3.85. The Bertz CT molecular complexity index is 543. The van der Waals surface area contributed by atoms with Gasteiger partial charge in [-0.25, -0.2) is 4.98 Å². The van der Waals surface area contributed by atoms with Crippen molar-refractivity contribution in [3.63, 3.8) is 0 Å². The number of nitrogens with zero attached hydrogens (tertiary/aromatic N) is 1. The first-order chi connectivity index (χ1) is 7.20. The quantitative estimate of drug-likeness (QED) is 0.811. The summed E-state index contributed by atoms with van der Waals surface area (Å²) in [5.41, 5.74) is 1.83. The summed E-state index contributed by atoms with van der Waals surface area (Å²) in [6, 6.07) is 5.75. The minimum Gasteiger partial charge on any atom is -0.310 e. The first kappa shape index (κ1) is 9.90. The van der Waals surface area contributed by atoms with Gasteiger partial charge in [-0.3, -0.25) is 4.79 Å². The monoisotopic (exact) mass is 202 g/mol. The zero-order valence-corrected chi connectivity index (χ0v) is 9.00. The van der Waals surface area contributed by atoms with E-state index in [4.69, 9.17) is 0 Å². The summed E-state index contributed by atoms with van der Waals surface area (Å²) >= 11 is 0. The number of H-pyrrole nitrogens is 1. The van der Waals surface area contributed by atoms with Gasteiger partial charge < -0.3 is 4.98 Å². The van der Waals surface area contributed by atoms with Gasteiger partial charge in [0, 0.05) is 6.42 Å². The van der Waals surface area contributed by atoms with Crippen molar-refractivity contribution < 1.29 is 0 Å². The van der Waals surface area contributed by atoms with Gasteiger partial charge in [-0.05, 0) is 25.5 Å². The lowest BCUT2D eigenvalue weighted by molar-refractivity contribution is 0.837. The zero-order valence-electron chi connectivity index (χ0n) is 9.00. The highest BCUT2D eigenvalue weighted by Crippen LogP contribution is 2.09. The normalized spacial score (nSPS) is 10.8. The maximum atomic E-state index is 11.7. The molecule has 0 fully saturated rings. The number of nitrogens with one attached hydrogen (secondary N) is 1. The number of hydrogen-bond donors (Lipinski definition) is 1. The van der Waals surface area contributed by atoms with E-state index in [1.807, 2.05) is 25.1 Å². The van der Waals surface area contributed by atoms with Gasteiger partial charge in [0.2, 0.25) is 0 Å². The molecule has 0 saturated heterocycles. The van der Waals surface area contributed by atoms with Crippen LogP contribution in [-0.2, 0) is 6.42 Å². The highest BCUT2D eigenvalue weighted by molar-refractivity contribution is 5.78. The van der Waals surface area contributed by atoms with Crippen molar-refractivity contribution in [1.29, 1.82) is 0 Å². The molecule has 0 bridgehead atoms. The van der Waals surface area contributed by atoms with E-state index < -0.39 is 0 Å². The smallest absolute Gasteiger partial charge is 0.258 e. The lowest BCUT2D eigenvalue weighted by Crippen LogP contribution is -2.11. The maximum Gasteiger partial charge on any atom is 0.258 e. The molecule has 1 heterocycles. The van der Waals surface area contributed by atoms with E-state index in [2.05, 4.69) is 16.9 Å². The van der Waals surface area contributed by atoms with E-state index in [1.165, 1.54) is 0 Å². The third-order valence-electron chi connectivity index (χ3n) is 2.40. The van der Waals surface area contributed by atoms with E-state index in [-0.39, 0.29) is 5.56 Å². The predicted octanol–water partition coefficient (Wildman–Crippen LogP) is 2.18. The van der Waals surface area contributed by atoms with E-state index in [9.17, 15) is 4.79 Å². The molecule has 2 rings (SSSR count). The predicted molar refractivity (Wildman–Crippen MR) is 61.1 cm³/mol. The molecule has 0 aliphatic heterocycles. The second-order valence-electron chi connectivity index (χ2n) is 3.78. The molecule has 1 N–H and O–H groups in total. The number of aromatic nitrogens is 2. The highest BCUT2D eigenvalue weighted by atomic mass is 16.1. The first-order valence-electron chi connectivity index (χ1n) is 5.20. The molecular weight excluding hydrogens is 188 g/mol. The summed E-state index contributed by atoms with van der Waals surface area (Å²) in [6.07, 6.45) is 1.80. The maximum absolute atomic E-state index is 11.7. The average Bonchev–Trinajstić information content (AvgIpc) is 2.20. The van der Waals surface area contributed by atoms with Crippen molar-refractivity contribution in [2.24, 2.45) is 0 Å². The van der Waals surface area contributed by atoms with Gasteiger partial charge in [0.1, 0.15) is 5.82 Å². The van der Waals surface area contributed by atoms with Gasteiger partial charge >= 0.3 is 0 Å². The molecular formula is C12H14N2O. The Morgan fingerprint density at radius 3 is 2.93 bits per heavy atom. The van der Waals surface area contributed by atoms with Gasteiger partial charge in [-0.15, -0.1) is 0 Å². The third-order valence-corrected chi connectivity index (χ3v) is 2.40. The van der Waals surface area contributed by atoms with E-state index >= 15 is 0 Å². The largest absolute Gasteiger partial charge is 0.310 e. The Morgan fingerprint density at radius 1 is 1.40 bits per heavy atom. The lowest BCUT2D eigenvalue weighted by Gasteiger charge is -2.01. The van der Waals surface area contributed by atoms with Crippen molar-refractivity contribution in [2.45, 2.75) is 26.7 Å². The number of benzene rings is 1. The molecule has 1 aromatic heterocycles. The zero-order chi connectivity index (χ0) is 10.8. The Balaban J connectivity index is 2.67. The van der Waals surface area contributed by atoms with E-state index in [0.29, 0.717) is 5.39 Å². The molecule has 0 amide bonds. The summed E-state index contributed by atoms with van der Waals surface area (Å²) < 4.78 is 0.